The molecule has 2 heterocycles. The summed E-state index contributed by atoms with van der Waals surface area (Å²) in [5.74, 6) is 1.81. The zero-order valence-electron chi connectivity index (χ0n) is 14.2. The van der Waals surface area contributed by atoms with E-state index in [0.29, 0.717) is 32.2 Å². The zero-order chi connectivity index (χ0) is 17.0. The molecule has 2 aliphatic rings. The summed E-state index contributed by atoms with van der Waals surface area (Å²) >= 11 is 0. The monoisotopic (exact) mass is 354 g/mol. The summed E-state index contributed by atoms with van der Waals surface area (Å²) in [4.78, 5) is 2.35. The summed E-state index contributed by atoms with van der Waals surface area (Å²) in [6.45, 7) is 5.24. The lowest BCUT2D eigenvalue weighted by Crippen LogP contribution is -2.35. The van der Waals surface area contributed by atoms with Crippen LogP contribution in [0.15, 0.2) is 18.2 Å². The van der Waals surface area contributed by atoms with Gasteiger partial charge in [0.2, 0.25) is 10.0 Å². The van der Waals surface area contributed by atoms with Gasteiger partial charge < -0.3 is 9.47 Å². The van der Waals surface area contributed by atoms with E-state index in [1.165, 1.54) is 5.56 Å². The van der Waals surface area contributed by atoms with Gasteiger partial charge in [-0.25, -0.2) is 13.1 Å². The Hall–Kier alpha value is -1.31. The molecule has 7 heteroatoms. The fourth-order valence-electron chi connectivity index (χ4n) is 3.42. The van der Waals surface area contributed by atoms with Gasteiger partial charge in [-0.3, -0.25) is 4.90 Å². The standard InChI is InChI=1S/C17H26N2O4S/c1-2-12-24(20,21)18-7-9-19-8-3-4-15(19)14-5-6-16-17(13-14)23-11-10-22-16/h5-6,13,15,18H,2-4,7-12H2,1H3. The summed E-state index contributed by atoms with van der Waals surface area (Å²) in [7, 11) is -3.13. The average molecular weight is 354 g/mol. The SMILES string of the molecule is CCCS(=O)(=O)NCCN1CCCC1c1ccc2c(c1)OCCO2. The van der Waals surface area contributed by atoms with Crippen molar-refractivity contribution in [1.29, 1.82) is 0 Å². The number of fused-ring (bicyclic) bond motifs is 1. The number of rotatable bonds is 7. The Balaban J connectivity index is 1.61. The first-order valence-electron chi connectivity index (χ1n) is 8.70. The van der Waals surface area contributed by atoms with Gasteiger partial charge in [-0.05, 0) is 43.5 Å². The number of benzene rings is 1. The highest BCUT2D eigenvalue weighted by molar-refractivity contribution is 7.89. The summed E-state index contributed by atoms with van der Waals surface area (Å²) in [6.07, 6.45) is 2.85. The van der Waals surface area contributed by atoms with Crippen molar-refractivity contribution in [3.05, 3.63) is 23.8 Å². The van der Waals surface area contributed by atoms with Crippen LogP contribution in [-0.2, 0) is 10.0 Å². The van der Waals surface area contributed by atoms with Crippen molar-refractivity contribution in [2.75, 3.05) is 38.6 Å². The van der Waals surface area contributed by atoms with Gasteiger partial charge in [0.1, 0.15) is 13.2 Å². The maximum atomic E-state index is 11.8. The molecular weight excluding hydrogens is 328 g/mol. The minimum absolute atomic E-state index is 0.193. The molecule has 0 bridgehead atoms. The van der Waals surface area contributed by atoms with Crippen molar-refractivity contribution in [1.82, 2.24) is 9.62 Å². The molecule has 1 saturated heterocycles. The molecule has 1 atom stereocenters. The smallest absolute Gasteiger partial charge is 0.211 e. The van der Waals surface area contributed by atoms with Crippen molar-refractivity contribution in [3.8, 4) is 11.5 Å². The summed E-state index contributed by atoms with van der Waals surface area (Å²) in [6, 6.07) is 6.46. The van der Waals surface area contributed by atoms with E-state index in [-0.39, 0.29) is 5.75 Å². The number of sulfonamides is 1. The normalized spacial score (nSPS) is 21.1. The second-order valence-corrected chi connectivity index (χ2v) is 8.24. The van der Waals surface area contributed by atoms with E-state index in [1.54, 1.807) is 0 Å². The molecule has 24 heavy (non-hydrogen) atoms. The van der Waals surface area contributed by atoms with Crippen LogP contribution < -0.4 is 14.2 Å². The molecule has 0 aromatic heterocycles. The Morgan fingerprint density at radius 3 is 2.83 bits per heavy atom. The van der Waals surface area contributed by atoms with E-state index in [4.69, 9.17) is 9.47 Å². The lowest BCUT2D eigenvalue weighted by molar-refractivity contribution is 0.170. The Bertz CT molecular complexity index is 663. The highest BCUT2D eigenvalue weighted by Crippen LogP contribution is 2.37. The Morgan fingerprint density at radius 2 is 2.04 bits per heavy atom. The number of nitrogens with one attached hydrogen (secondary N) is 1. The minimum Gasteiger partial charge on any atom is -0.486 e. The first-order chi connectivity index (χ1) is 11.6. The van der Waals surface area contributed by atoms with Crippen LogP contribution in [0.4, 0.5) is 0 Å². The molecular formula is C17H26N2O4S. The first kappa shape index (κ1) is 17.5. The van der Waals surface area contributed by atoms with Gasteiger partial charge in [0.05, 0.1) is 5.75 Å². The van der Waals surface area contributed by atoms with Gasteiger partial charge in [0.25, 0.3) is 0 Å². The maximum Gasteiger partial charge on any atom is 0.211 e. The molecule has 3 rings (SSSR count). The van der Waals surface area contributed by atoms with Gasteiger partial charge >= 0.3 is 0 Å². The van der Waals surface area contributed by atoms with Crippen LogP contribution in [0, 0.1) is 0 Å². The predicted octanol–water partition coefficient (Wildman–Crippen LogP) is 1.92. The lowest BCUT2D eigenvalue weighted by Gasteiger charge is -2.26. The topological polar surface area (TPSA) is 67.9 Å². The third kappa shape index (κ3) is 4.20. The van der Waals surface area contributed by atoms with E-state index in [0.717, 1.165) is 37.4 Å². The van der Waals surface area contributed by atoms with Crippen LogP contribution in [0.1, 0.15) is 37.8 Å². The molecule has 1 unspecified atom stereocenters. The lowest BCUT2D eigenvalue weighted by atomic mass is 10.0. The van der Waals surface area contributed by atoms with E-state index in [1.807, 2.05) is 13.0 Å². The Morgan fingerprint density at radius 1 is 1.25 bits per heavy atom. The van der Waals surface area contributed by atoms with Gasteiger partial charge in [-0.15, -0.1) is 0 Å². The third-order valence-corrected chi connectivity index (χ3v) is 6.10. The van der Waals surface area contributed by atoms with Crippen LogP contribution in [-0.4, -0.2) is 51.9 Å². The average Bonchev–Trinajstić information content (AvgIpc) is 3.02. The van der Waals surface area contributed by atoms with Crippen LogP contribution in [0.5, 0.6) is 11.5 Å². The number of hydrogen-bond donors (Lipinski definition) is 1. The highest BCUT2D eigenvalue weighted by atomic mass is 32.2. The molecule has 0 saturated carbocycles. The second kappa shape index (κ2) is 7.72. The van der Waals surface area contributed by atoms with Crippen molar-refractivity contribution < 1.29 is 17.9 Å². The van der Waals surface area contributed by atoms with Crippen LogP contribution in [0.25, 0.3) is 0 Å². The molecule has 1 aromatic rings. The van der Waals surface area contributed by atoms with Crippen molar-refractivity contribution in [2.45, 2.75) is 32.2 Å². The Kier molecular flexibility index (Phi) is 5.63. The summed E-state index contributed by atoms with van der Waals surface area (Å²) in [5, 5.41) is 0. The van der Waals surface area contributed by atoms with Gasteiger partial charge in [0, 0.05) is 19.1 Å². The molecule has 0 radical (unpaired) electrons. The number of nitrogens with zero attached hydrogens (tertiary/aromatic N) is 1. The van der Waals surface area contributed by atoms with E-state index in [9.17, 15) is 8.42 Å². The molecule has 1 fully saturated rings. The zero-order valence-corrected chi connectivity index (χ0v) is 15.0. The number of hydrogen-bond acceptors (Lipinski definition) is 5. The van der Waals surface area contributed by atoms with Crippen LogP contribution in [0.3, 0.4) is 0 Å². The largest absolute Gasteiger partial charge is 0.486 e. The molecule has 0 spiro atoms. The fraction of sp³-hybridized carbons (Fsp3) is 0.647. The fourth-order valence-corrected chi connectivity index (χ4v) is 4.51. The second-order valence-electron chi connectivity index (χ2n) is 6.31. The quantitative estimate of drug-likeness (QED) is 0.810. The van der Waals surface area contributed by atoms with Crippen molar-refractivity contribution >= 4 is 10.0 Å². The number of ether oxygens (including phenoxy) is 2. The number of likely N-dealkylation sites (tertiary alicyclic amines) is 1. The van der Waals surface area contributed by atoms with Crippen LogP contribution >= 0.6 is 0 Å². The van der Waals surface area contributed by atoms with Gasteiger partial charge in [-0.1, -0.05) is 13.0 Å². The molecule has 1 aromatic carbocycles. The minimum atomic E-state index is -3.13. The van der Waals surface area contributed by atoms with Crippen molar-refractivity contribution in [2.24, 2.45) is 0 Å². The predicted molar refractivity (Wildman–Crippen MR) is 93.1 cm³/mol. The molecule has 6 nitrogen and oxygen atoms in total. The molecule has 2 aliphatic heterocycles. The van der Waals surface area contributed by atoms with Gasteiger partial charge in [-0.2, -0.15) is 0 Å². The third-order valence-electron chi connectivity index (χ3n) is 4.51. The van der Waals surface area contributed by atoms with Gasteiger partial charge in [0.15, 0.2) is 11.5 Å². The summed E-state index contributed by atoms with van der Waals surface area (Å²) in [5.41, 5.74) is 1.22. The van der Waals surface area contributed by atoms with E-state index < -0.39 is 10.0 Å². The molecule has 0 aliphatic carbocycles. The highest BCUT2D eigenvalue weighted by Gasteiger charge is 2.27. The van der Waals surface area contributed by atoms with Crippen molar-refractivity contribution in [3.63, 3.8) is 0 Å². The summed E-state index contributed by atoms with van der Waals surface area (Å²) < 4.78 is 37.5. The molecule has 134 valence electrons. The van der Waals surface area contributed by atoms with E-state index >= 15 is 0 Å². The molecule has 0 amide bonds. The van der Waals surface area contributed by atoms with Crippen LogP contribution in [0.2, 0.25) is 0 Å². The van der Waals surface area contributed by atoms with E-state index in [2.05, 4.69) is 21.8 Å². The Labute approximate surface area is 144 Å². The maximum absolute atomic E-state index is 11.8. The first-order valence-corrected chi connectivity index (χ1v) is 10.4. The molecule has 1 N–H and O–H groups in total.